The minimum atomic E-state index is -0.241. The summed E-state index contributed by atoms with van der Waals surface area (Å²) in [5, 5.41) is 7.84. The molecule has 1 amide bonds. The fraction of sp³-hybridized carbons (Fsp3) is 0.238. The number of ether oxygens (including phenoxy) is 2. The minimum Gasteiger partial charge on any atom is -0.490 e. The van der Waals surface area contributed by atoms with Crippen LogP contribution in [0.2, 0.25) is 5.02 Å². The summed E-state index contributed by atoms with van der Waals surface area (Å²) in [6.45, 7) is 5.39. The zero-order valence-electron chi connectivity index (χ0n) is 15.8. The molecule has 28 heavy (non-hydrogen) atoms. The van der Waals surface area contributed by atoms with E-state index in [1.165, 1.54) is 0 Å². The summed E-state index contributed by atoms with van der Waals surface area (Å²) in [6.07, 6.45) is 3.40. The Morgan fingerprint density at radius 2 is 1.79 bits per heavy atom. The van der Waals surface area contributed by atoms with Gasteiger partial charge in [-0.1, -0.05) is 23.7 Å². The molecule has 7 heteroatoms. The Hall–Kier alpha value is -2.99. The zero-order chi connectivity index (χ0) is 19.9. The van der Waals surface area contributed by atoms with Gasteiger partial charge in [0.25, 0.3) is 5.91 Å². The molecule has 0 aliphatic carbocycles. The molecule has 0 unspecified atom stereocenters. The largest absolute Gasteiger partial charge is 0.490 e. The molecule has 0 spiro atoms. The maximum absolute atomic E-state index is 12.6. The van der Waals surface area contributed by atoms with Crippen molar-refractivity contribution >= 4 is 23.2 Å². The van der Waals surface area contributed by atoms with Gasteiger partial charge in [0.15, 0.2) is 11.5 Å². The van der Waals surface area contributed by atoms with E-state index in [1.54, 1.807) is 35.3 Å². The van der Waals surface area contributed by atoms with Crippen LogP contribution in [0.15, 0.2) is 54.9 Å². The Morgan fingerprint density at radius 1 is 1.07 bits per heavy atom. The number of anilines is 1. The third-order valence-corrected chi connectivity index (χ3v) is 4.21. The van der Waals surface area contributed by atoms with Crippen LogP contribution in [0.5, 0.6) is 11.5 Å². The van der Waals surface area contributed by atoms with Gasteiger partial charge in [-0.2, -0.15) is 5.10 Å². The number of rotatable bonds is 8. The molecular weight excluding hydrogens is 378 g/mol. The Bertz CT molecular complexity index is 938. The Kier molecular flexibility index (Phi) is 6.55. The smallest absolute Gasteiger partial charge is 0.255 e. The molecule has 0 bridgehead atoms. The second-order valence-electron chi connectivity index (χ2n) is 6.03. The number of carbonyl (C=O) groups is 1. The maximum Gasteiger partial charge on any atom is 0.255 e. The molecule has 1 N–H and O–H groups in total. The number of benzene rings is 2. The van der Waals surface area contributed by atoms with E-state index >= 15 is 0 Å². The van der Waals surface area contributed by atoms with Crippen molar-refractivity contribution in [2.45, 2.75) is 20.4 Å². The van der Waals surface area contributed by atoms with Gasteiger partial charge >= 0.3 is 0 Å². The molecule has 6 nitrogen and oxygen atoms in total. The van der Waals surface area contributed by atoms with Crippen LogP contribution < -0.4 is 14.8 Å². The van der Waals surface area contributed by atoms with Crippen molar-refractivity contribution < 1.29 is 14.3 Å². The van der Waals surface area contributed by atoms with Gasteiger partial charge in [0.1, 0.15) is 0 Å². The summed E-state index contributed by atoms with van der Waals surface area (Å²) in [7, 11) is 0. The first-order valence-electron chi connectivity index (χ1n) is 9.07. The summed E-state index contributed by atoms with van der Waals surface area (Å²) in [5.41, 5.74) is 2.17. The fourth-order valence-electron chi connectivity index (χ4n) is 2.69. The molecule has 3 rings (SSSR count). The number of nitrogens with one attached hydrogen (secondary N) is 1. The van der Waals surface area contributed by atoms with E-state index in [0.717, 1.165) is 5.56 Å². The van der Waals surface area contributed by atoms with Crippen molar-refractivity contribution in [2.75, 3.05) is 18.5 Å². The summed E-state index contributed by atoms with van der Waals surface area (Å²) in [6, 6.07) is 12.7. The number of hydrogen-bond acceptors (Lipinski definition) is 4. The topological polar surface area (TPSA) is 65.4 Å². The van der Waals surface area contributed by atoms with Crippen LogP contribution >= 0.6 is 11.6 Å². The van der Waals surface area contributed by atoms with Crippen LogP contribution in [0.3, 0.4) is 0 Å². The summed E-state index contributed by atoms with van der Waals surface area (Å²) < 4.78 is 12.9. The molecule has 3 aromatic rings. The molecule has 0 fully saturated rings. The van der Waals surface area contributed by atoms with Crippen LogP contribution in [0.25, 0.3) is 0 Å². The van der Waals surface area contributed by atoms with Gasteiger partial charge < -0.3 is 14.8 Å². The van der Waals surface area contributed by atoms with Crippen molar-refractivity contribution in [3.63, 3.8) is 0 Å². The molecule has 0 saturated heterocycles. The second-order valence-corrected chi connectivity index (χ2v) is 6.47. The first-order chi connectivity index (χ1) is 13.6. The van der Waals surface area contributed by atoms with E-state index in [2.05, 4.69) is 10.4 Å². The predicted molar refractivity (Wildman–Crippen MR) is 110 cm³/mol. The Balaban J connectivity index is 1.68. The fourth-order valence-corrected chi connectivity index (χ4v) is 2.81. The van der Waals surface area contributed by atoms with Crippen molar-refractivity contribution in [3.05, 3.63) is 71.0 Å². The molecule has 146 valence electrons. The van der Waals surface area contributed by atoms with Gasteiger partial charge in [0.05, 0.1) is 31.6 Å². The highest BCUT2D eigenvalue weighted by atomic mass is 35.5. The number of carbonyl (C=O) groups excluding carboxylic acids is 1. The lowest BCUT2D eigenvalue weighted by Crippen LogP contribution is -2.12. The standard InChI is InChI=1S/C21H22ClN3O3/c1-3-27-19-10-7-16(11-20(19)28-4-2)21(26)24-18-12-23-25(14-18)13-15-5-8-17(22)9-6-15/h5-12,14H,3-4,13H2,1-2H3,(H,24,26). The molecule has 2 aromatic carbocycles. The van der Waals surface area contributed by atoms with E-state index in [0.29, 0.717) is 47.5 Å². The van der Waals surface area contributed by atoms with Crippen LogP contribution in [0.1, 0.15) is 29.8 Å². The maximum atomic E-state index is 12.6. The summed E-state index contributed by atoms with van der Waals surface area (Å²) in [5.74, 6) is 0.933. The Morgan fingerprint density at radius 3 is 2.50 bits per heavy atom. The number of aromatic nitrogens is 2. The van der Waals surface area contributed by atoms with Crippen LogP contribution in [-0.2, 0) is 6.54 Å². The Labute approximate surface area is 169 Å². The lowest BCUT2D eigenvalue weighted by atomic mass is 10.2. The highest BCUT2D eigenvalue weighted by Gasteiger charge is 2.12. The number of nitrogens with zero attached hydrogens (tertiary/aromatic N) is 2. The first-order valence-corrected chi connectivity index (χ1v) is 9.44. The summed E-state index contributed by atoms with van der Waals surface area (Å²) >= 11 is 5.91. The number of hydrogen-bond donors (Lipinski definition) is 1. The molecule has 0 radical (unpaired) electrons. The number of halogens is 1. The van der Waals surface area contributed by atoms with Crippen molar-refractivity contribution in [1.29, 1.82) is 0 Å². The van der Waals surface area contributed by atoms with E-state index < -0.39 is 0 Å². The average molecular weight is 400 g/mol. The SMILES string of the molecule is CCOc1ccc(C(=O)Nc2cnn(Cc3ccc(Cl)cc3)c2)cc1OCC. The van der Waals surface area contributed by atoms with Crippen molar-refractivity contribution in [2.24, 2.45) is 0 Å². The normalized spacial score (nSPS) is 10.5. The summed E-state index contributed by atoms with van der Waals surface area (Å²) in [4.78, 5) is 12.6. The lowest BCUT2D eigenvalue weighted by molar-refractivity contribution is 0.102. The molecule has 0 aliphatic heterocycles. The van der Waals surface area contributed by atoms with Gasteiger partial charge in [-0.05, 0) is 49.7 Å². The van der Waals surface area contributed by atoms with Crippen LogP contribution in [0.4, 0.5) is 5.69 Å². The van der Waals surface area contributed by atoms with Gasteiger partial charge in [-0.15, -0.1) is 0 Å². The highest BCUT2D eigenvalue weighted by molar-refractivity contribution is 6.30. The lowest BCUT2D eigenvalue weighted by Gasteiger charge is -2.12. The van der Waals surface area contributed by atoms with E-state index in [4.69, 9.17) is 21.1 Å². The van der Waals surface area contributed by atoms with Gasteiger partial charge in [0.2, 0.25) is 0 Å². The van der Waals surface area contributed by atoms with E-state index in [1.807, 2.05) is 38.1 Å². The van der Waals surface area contributed by atoms with Crippen molar-refractivity contribution in [1.82, 2.24) is 9.78 Å². The molecule has 0 atom stereocenters. The second kappa shape index (κ2) is 9.28. The minimum absolute atomic E-state index is 0.241. The van der Waals surface area contributed by atoms with Crippen LogP contribution in [0, 0.1) is 0 Å². The quantitative estimate of drug-likeness (QED) is 0.599. The molecular formula is C21H22ClN3O3. The molecule has 0 aliphatic rings. The molecule has 0 saturated carbocycles. The highest BCUT2D eigenvalue weighted by Crippen LogP contribution is 2.29. The first kappa shape index (κ1) is 19.8. The average Bonchev–Trinajstić information content (AvgIpc) is 3.12. The van der Waals surface area contributed by atoms with Gasteiger partial charge in [0, 0.05) is 16.8 Å². The van der Waals surface area contributed by atoms with Crippen LogP contribution in [-0.4, -0.2) is 28.9 Å². The van der Waals surface area contributed by atoms with E-state index in [-0.39, 0.29) is 5.91 Å². The molecule has 1 heterocycles. The van der Waals surface area contributed by atoms with E-state index in [9.17, 15) is 4.79 Å². The third kappa shape index (κ3) is 5.04. The van der Waals surface area contributed by atoms with Gasteiger partial charge in [-0.25, -0.2) is 0 Å². The molecule has 1 aromatic heterocycles. The zero-order valence-corrected chi connectivity index (χ0v) is 16.6. The van der Waals surface area contributed by atoms with Crippen molar-refractivity contribution in [3.8, 4) is 11.5 Å². The number of amides is 1. The third-order valence-electron chi connectivity index (χ3n) is 3.95. The monoisotopic (exact) mass is 399 g/mol. The predicted octanol–water partition coefficient (Wildman–Crippen LogP) is 4.63. The van der Waals surface area contributed by atoms with Gasteiger partial charge in [-0.3, -0.25) is 9.48 Å².